The maximum absolute atomic E-state index is 12.1. The molecule has 100 valence electrons. The summed E-state index contributed by atoms with van der Waals surface area (Å²) in [6.45, 7) is 5.87. The van der Waals surface area contributed by atoms with E-state index in [0.29, 0.717) is 6.42 Å². The third-order valence-corrected chi connectivity index (χ3v) is 3.28. The van der Waals surface area contributed by atoms with Gasteiger partial charge in [-0.2, -0.15) is 0 Å². The second-order valence-electron chi connectivity index (χ2n) is 5.15. The van der Waals surface area contributed by atoms with E-state index in [1.807, 2.05) is 18.7 Å². The first kappa shape index (κ1) is 14.5. The van der Waals surface area contributed by atoms with Crippen LogP contribution in [-0.2, 0) is 4.79 Å². The van der Waals surface area contributed by atoms with E-state index >= 15 is 0 Å². The molecule has 1 aliphatic heterocycles. The average molecular weight is 242 g/mol. The van der Waals surface area contributed by atoms with Crippen molar-refractivity contribution in [3.8, 4) is 0 Å². The van der Waals surface area contributed by atoms with E-state index in [2.05, 4.69) is 5.32 Å². The van der Waals surface area contributed by atoms with Crippen LogP contribution in [0.15, 0.2) is 0 Å². The van der Waals surface area contributed by atoms with E-state index in [1.54, 1.807) is 0 Å². The van der Waals surface area contributed by atoms with E-state index in [9.17, 15) is 4.79 Å². The van der Waals surface area contributed by atoms with Crippen LogP contribution in [0.1, 0.15) is 46.0 Å². The van der Waals surface area contributed by atoms with Gasteiger partial charge in [0.25, 0.3) is 0 Å². The molecular formula is C13H26N2O2. The normalized spacial score (nSPS) is 20.8. The fourth-order valence-corrected chi connectivity index (χ4v) is 2.31. The highest BCUT2D eigenvalue weighted by Gasteiger charge is 2.18. The van der Waals surface area contributed by atoms with E-state index in [4.69, 9.17) is 5.11 Å². The summed E-state index contributed by atoms with van der Waals surface area (Å²) in [4.78, 5) is 14.0. The molecule has 0 radical (unpaired) electrons. The van der Waals surface area contributed by atoms with E-state index in [0.717, 1.165) is 25.9 Å². The van der Waals surface area contributed by atoms with Gasteiger partial charge >= 0.3 is 0 Å². The Balaban J connectivity index is 2.31. The third-order valence-electron chi connectivity index (χ3n) is 3.28. The maximum atomic E-state index is 12.1. The minimum atomic E-state index is 0.0573. The number of nitrogens with one attached hydrogen (secondary N) is 1. The number of aliphatic hydroxyl groups is 1. The first-order valence-corrected chi connectivity index (χ1v) is 6.78. The Morgan fingerprint density at radius 1 is 1.18 bits per heavy atom. The van der Waals surface area contributed by atoms with Gasteiger partial charge in [-0.25, -0.2) is 0 Å². The van der Waals surface area contributed by atoms with Crippen LogP contribution in [0.2, 0.25) is 0 Å². The lowest BCUT2D eigenvalue weighted by atomic mass is 10.2. The molecule has 1 saturated heterocycles. The maximum Gasteiger partial charge on any atom is 0.224 e. The Bertz CT molecular complexity index is 225. The number of likely N-dealkylation sites (tertiary alicyclic amines) is 1. The first-order chi connectivity index (χ1) is 8.13. The molecule has 2 unspecified atom stereocenters. The van der Waals surface area contributed by atoms with Gasteiger partial charge in [0.1, 0.15) is 0 Å². The molecule has 1 fully saturated rings. The number of hydrogen-bond donors (Lipinski definition) is 2. The van der Waals surface area contributed by atoms with Crippen LogP contribution in [0.5, 0.6) is 0 Å². The van der Waals surface area contributed by atoms with Gasteiger partial charge in [0.2, 0.25) is 5.91 Å². The first-order valence-electron chi connectivity index (χ1n) is 6.78. The number of carbonyl (C=O) groups excluding carboxylic acids is 1. The Morgan fingerprint density at radius 2 is 1.76 bits per heavy atom. The van der Waals surface area contributed by atoms with Gasteiger partial charge < -0.3 is 15.3 Å². The predicted molar refractivity (Wildman–Crippen MR) is 68.8 cm³/mol. The second-order valence-corrected chi connectivity index (χ2v) is 5.15. The van der Waals surface area contributed by atoms with Crippen molar-refractivity contribution in [1.29, 1.82) is 0 Å². The highest BCUT2D eigenvalue weighted by molar-refractivity contribution is 5.76. The summed E-state index contributed by atoms with van der Waals surface area (Å²) in [7, 11) is 0. The van der Waals surface area contributed by atoms with Crippen LogP contribution < -0.4 is 5.32 Å². The van der Waals surface area contributed by atoms with Gasteiger partial charge in [-0.1, -0.05) is 12.8 Å². The van der Waals surface area contributed by atoms with Crippen molar-refractivity contribution in [2.24, 2.45) is 0 Å². The fraction of sp³-hybridized carbons (Fsp3) is 0.923. The van der Waals surface area contributed by atoms with Gasteiger partial charge in [-0.15, -0.1) is 0 Å². The molecule has 0 aromatic heterocycles. The molecule has 4 heteroatoms. The highest BCUT2D eigenvalue weighted by Crippen LogP contribution is 2.11. The number of amides is 1. The van der Waals surface area contributed by atoms with Crippen molar-refractivity contribution in [2.75, 3.05) is 19.7 Å². The van der Waals surface area contributed by atoms with E-state index in [1.165, 1.54) is 12.8 Å². The molecule has 0 spiro atoms. The zero-order valence-corrected chi connectivity index (χ0v) is 11.1. The molecule has 2 N–H and O–H groups in total. The minimum absolute atomic E-state index is 0.0573. The Hall–Kier alpha value is -0.610. The summed E-state index contributed by atoms with van der Waals surface area (Å²) in [5, 5.41) is 12.2. The average Bonchev–Trinajstić information content (AvgIpc) is 2.57. The molecule has 2 atom stereocenters. The number of hydrogen-bond acceptors (Lipinski definition) is 3. The Labute approximate surface area is 104 Å². The van der Waals surface area contributed by atoms with E-state index in [-0.39, 0.29) is 24.6 Å². The fourth-order valence-electron chi connectivity index (χ4n) is 2.31. The summed E-state index contributed by atoms with van der Waals surface area (Å²) in [5.74, 6) is 0.247. The molecule has 0 saturated carbocycles. The molecule has 0 aromatic carbocycles. The molecule has 0 bridgehead atoms. The molecule has 4 nitrogen and oxygen atoms in total. The number of aliphatic hydroxyl groups excluding tert-OH is 1. The summed E-state index contributed by atoms with van der Waals surface area (Å²) in [6.07, 6.45) is 5.31. The smallest absolute Gasteiger partial charge is 0.224 e. The van der Waals surface area contributed by atoms with Crippen LogP contribution in [0.3, 0.4) is 0 Å². The van der Waals surface area contributed by atoms with Crippen LogP contribution in [0.4, 0.5) is 0 Å². The summed E-state index contributed by atoms with van der Waals surface area (Å²) < 4.78 is 0. The topological polar surface area (TPSA) is 52.6 Å². The summed E-state index contributed by atoms with van der Waals surface area (Å²) in [6, 6.07) is 0.190. The number of rotatable bonds is 5. The molecule has 17 heavy (non-hydrogen) atoms. The molecule has 1 rings (SSSR count). The molecule has 1 amide bonds. The largest absolute Gasteiger partial charge is 0.395 e. The Kier molecular flexibility index (Phi) is 6.52. The van der Waals surface area contributed by atoms with Gasteiger partial charge in [0.15, 0.2) is 0 Å². The van der Waals surface area contributed by atoms with Crippen LogP contribution >= 0.6 is 0 Å². The van der Waals surface area contributed by atoms with Crippen molar-refractivity contribution in [2.45, 2.75) is 58.0 Å². The lowest BCUT2D eigenvalue weighted by Crippen LogP contribution is -2.41. The van der Waals surface area contributed by atoms with Gasteiger partial charge in [0.05, 0.1) is 6.61 Å². The summed E-state index contributed by atoms with van der Waals surface area (Å²) in [5.41, 5.74) is 0. The molecule has 0 aliphatic carbocycles. The monoisotopic (exact) mass is 242 g/mol. The molecule has 0 aromatic rings. The van der Waals surface area contributed by atoms with Gasteiger partial charge in [-0.3, -0.25) is 4.79 Å². The Morgan fingerprint density at radius 3 is 2.29 bits per heavy atom. The van der Waals surface area contributed by atoms with Crippen LogP contribution in [0.25, 0.3) is 0 Å². The van der Waals surface area contributed by atoms with Gasteiger partial charge in [0, 0.05) is 31.6 Å². The third kappa shape index (κ3) is 5.50. The predicted octanol–water partition coefficient (Wildman–Crippen LogP) is 1.14. The molecule has 1 aliphatic rings. The lowest BCUT2D eigenvalue weighted by molar-refractivity contribution is -0.131. The highest BCUT2D eigenvalue weighted by atomic mass is 16.3. The van der Waals surface area contributed by atoms with Gasteiger partial charge in [-0.05, 0) is 26.7 Å². The van der Waals surface area contributed by atoms with Crippen LogP contribution in [0, 0.1) is 0 Å². The lowest BCUT2D eigenvalue weighted by Gasteiger charge is -2.24. The minimum Gasteiger partial charge on any atom is -0.395 e. The zero-order valence-electron chi connectivity index (χ0n) is 11.1. The summed E-state index contributed by atoms with van der Waals surface area (Å²) >= 11 is 0. The van der Waals surface area contributed by atoms with Crippen molar-refractivity contribution in [1.82, 2.24) is 10.2 Å². The molecular weight excluding hydrogens is 216 g/mol. The SMILES string of the molecule is CC(CO)NC(C)CC(=O)N1CCCCCC1. The van der Waals surface area contributed by atoms with Crippen molar-refractivity contribution in [3.63, 3.8) is 0 Å². The van der Waals surface area contributed by atoms with Crippen molar-refractivity contribution in [3.05, 3.63) is 0 Å². The molecule has 1 heterocycles. The van der Waals surface area contributed by atoms with E-state index < -0.39 is 0 Å². The standard InChI is InChI=1S/C13H26N2O2/c1-11(14-12(2)10-16)9-13(17)15-7-5-3-4-6-8-15/h11-12,14,16H,3-10H2,1-2H3. The number of carbonyl (C=O) groups is 1. The van der Waals surface area contributed by atoms with Crippen LogP contribution in [-0.4, -0.2) is 47.7 Å². The number of nitrogens with zero attached hydrogens (tertiary/aromatic N) is 1. The second kappa shape index (κ2) is 7.67. The van der Waals surface area contributed by atoms with Crippen molar-refractivity contribution < 1.29 is 9.90 Å². The van der Waals surface area contributed by atoms with Crippen molar-refractivity contribution >= 4 is 5.91 Å². The zero-order chi connectivity index (χ0) is 12.7. The quantitative estimate of drug-likeness (QED) is 0.760.